The van der Waals surface area contributed by atoms with Crippen molar-refractivity contribution in [2.45, 2.75) is 43.6 Å². The zero-order chi connectivity index (χ0) is 19.3. The van der Waals surface area contributed by atoms with Crippen LogP contribution in [0.5, 0.6) is 0 Å². The second-order valence-electron chi connectivity index (χ2n) is 6.50. The molecule has 142 valence electrons. The third-order valence-electron chi connectivity index (χ3n) is 4.30. The molecular formula is C15H18F2N4O4S. The van der Waals surface area contributed by atoms with E-state index in [1.165, 1.54) is 16.7 Å². The Kier molecular flexibility index (Phi) is 4.47. The molecule has 11 heteroatoms. The summed E-state index contributed by atoms with van der Waals surface area (Å²) in [5, 5.41) is 8.77. The molecule has 0 bridgehead atoms. The lowest BCUT2D eigenvalue weighted by molar-refractivity contribution is -0.0412. The monoisotopic (exact) mass is 388 g/mol. The molecule has 3 heterocycles. The number of hydrogen-bond donors (Lipinski definition) is 1. The minimum absolute atomic E-state index is 0.0606. The molecule has 0 unspecified atom stereocenters. The van der Waals surface area contributed by atoms with Crippen molar-refractivity contribution in [3.8, 4) is 0 Å². The van der Waals surface area contributed by atoms with Gasteiger partial charge in [-0.1, -0.05) is 13.8 Å². The van der Waals surface area contributed by atoms with Crippen LogP contribution in [0.3, 0.4) is 0 Å². The molecule has 26 heavy (non-hydrogen) atoms. The van der Waals surface area contributed by atoms with Gasteiger partial charge in [-0.3, -0.25) is 4.40 Å². The first kappa shape index (κ1) is 18.6. The second kappa shape index (κ2) is 6.23. The molecule has 8 nitrogen and oxygen atoms in total. The molecule has 0 aliphatic carbocycles. The highest BCUT2D eigenvalue weighted by molar-refractivity contribution is 7.89. The zero-order valence-corrected chi connectivity index (χ0v) is 15.0. The van der Waals surface area contributed by atoms with E-state index in [0.29, 0.717) is 5.69 Å². The third-order valence-corrected chi connectivity index (χ3v) is 6.14. The largest absolute Gasteiger partial charge is 0.477 e. The van der Waals surface area contributed by atoms with Crippen LogP contribution in [0.1, 0.15) is 48.8 Å². The minimum atomic E-state index is -4.10. The average Bonchev–Trinajstić information content (AvgIpc) is 2.93. The highest BCUT2D eigenvalue weighted by atomic mass is 32.2. The Morgan fingerprint density at radius 3 is 2.42 bits per heavy atom. The lowest BCUT2D eigenvalue weighted by Crippen LogP contribution is -2.43. The van der Waals surface area contributed by atoms with E-state index >= 15 is 0 Å². The number of alkyl halides is 2. The summed E-state index contributed by atoms with van der Waals surface area (Å²) in [6.07, 6.45) is 0.313. The van der Waals surface area contributed by atoms with Crippen LogP contribution >= 0.6 is 0 Å². The number of carbonyl (C=O) groups is 1. The molecule has 3 rings (SSSR count). The minimum Gasteiger partial charge on any atom is -0.477 e. The van der Waals surface area contributed by atoms with Gasteiger partial charge in [-0.25, -0.2) is 27.0 Å². The van der Waals surface area contributed by atoms with Crippen LogP contribution in [0.25, 0.3) is 5.78 Å². The summed E-state index contributed by atoms with van der Waals surface area (Å²) in [6, 6.07) is 1.25. The predicted octanol–water partition coefficient (Wildman–Crippen LogP) is 1.97. The average molecular weight is 388 g/mol. The van der Waals surface area contributed by atoms with E-state index in [9.17, 15) is 22.0 Å². The maximum Gasteiger partial charge on any atom is 0.354 e. The first-order chi connectivity index (χ1) is 12.0. The van der Waals surface area contributed by atoms with Crippen LogP contribution in [0.2, 0.25) is 0 Å². The lowest BCUT2D eigenvalue weighted by atomic mass is 10.1. The molecular weight excluding hydrogens is 370 g/mol. The number of fused-ring (bicyclic) bond motifs is 1. The SMILES string of the molecule is CC(C)c1c(S(=O)(=O)N2CCC(F)(F)CC2)nc2nc(C(=O)O)ccn12. The number of imidazole rings is 1. The van der Waals surface area contributed by atoms with E-state index in [1.807, 2.05) is 0 Å². The molecule has 2 aromatic rings. The highest BCUT2D eigenvalue weighted by Crippen LogP contribution is 2.33. The van der Waals surface area contributed by atoms with Gasteiger partial charge in [-0.15, -0.1) is 0 Å². The van der Waals surface area contributed by atoms with Crippen molar-refractivity contribution in [1.29, 1.82) is 0 Å². The van der Waals surface area contributed by atoms with Crippen molar-refractivity contribution < 1.29 is 27.1 Å². The normalized spacial score (nSPS) is 18.5. The van der Waals surface area contributed by atoms with Crippen molar-refractivity contribution in [1.82, 2.24) is 18.7 Å². The molecule has 0 aromatic carbocycles. The third kappa shape index (κ3) is 3.16. The second-order valence-corrected chi connectivity index (χ2v) is 8.36. The summed E-state index contributed by atoms with van der Waals surface area (Å²) in [5.41, 5.74) is 0.0705. The number of sulfonamides is 1. The number of aromatic nitrogens is 3. The Hall–Kier alpha value is -2.14. The maximum absolute atomic E-state index is 13.4. The molecule has 1 aliphatic heterocycles. The summed E-state index contributed by atoms with van der Waals surface area (Å²) in [6.45, 7) is 2.93. The van der Waals surface area contributed by atoms with Crippen molar-refractivity contribution in [2.24, 2.45) is 0 Å². The summed E-state index contributed by atoms with van der Waals surface area (Å²) < 4.78 is 55.1. The molecule has 1 fully saturated rings. The smallest absolute Gasteiger partial charge is 0.354 e. The van der Waals surface area contributed by atoms with Gasteiger partial charge in [0.25, 0.3) is 15.9 Å². The molecule has 0 amide bonds. The van der Waals surface area contributed by atoms with Gasteiger partial charge in [-0.2, -0.15) is 9.29 Å². The van der Waals surface area contributed by atoms with Crippen molar-refractivity contribution >= 4 is 21.8 Å². The molecule has 0 atom stereocenters. The quantitative estimate of drug-likeness (QED) is 0.859. The molecule has 0 saturated carbocycles. The fourth-order valence-electron chi connectivity index (χ4n) is 2.94. The Morgan fingerprint density at radius 2 is 1.88 bits per heavy atom. The predicted molar refractivity (Wildman–Crippen MR) is 87.0 cm³/mol. The van der Waals surface area contributed by atoms with Gasteiger partial charge in [0.15, 0.2) is 10.7 Å². The summed E-state index contributed by atoms with van der Waals surface area (Å²) in [5.74, 6) is -4.46. The Labute approximate surface area is 148 Å². The number of carboxylic acid groups (broad SMARTS) is 1. The zero-order valence-electron chi connectivity index (χ0n) is 14.2. The number of rotatable bonds is 4. The van der Waals surface area contributed by atoms with Gasteiger partial charge in [0, 0.05) is 32.1 Å². The number of halogens is 2. The van der Waals surface area contributed by atoms with Crippen LogP contribution < -0.4 is 0 Å². The molecule has 1 aliphatic rings. The topological polar surface area (TPSA) is 105 Å². The molecule has 0 spiro atoms. The number of nitrogens with zero attached hydrogens (tertiary/aromatic N) is 4. The van der Waals surface area contributed by atoms with E-state index in [2.05, 4.69) is 9.97 Å². The van der Waals surface area contributed by atoms with E-state index < -0.39 is 34.8 Å². The van der Waals surface area contributed by atoms with Crippen LogP contribution in [0.15, 0.2) is 17.3 Å². The van der Waals surface area contributed by atoms with Gasteiger partial charge in [0.1, 0.15) is 0 Å². The standard InChI is InChI=1S/C15H18F2N4O4S/c1-9(2)11-12(19-14-18-10(13(22)23)3-6-21(11)14)26(24,25)20-7-4-15(16,17)5-8-20/h3,6,9H,4-5,7-8H2,1-2H3,(H,22,23). The number of carboxylic acids is 1. The number of hydrogen-bond acceptors (Lipinski definition) is 5. The van der Waals surface area contributed by atoms with Gasteiger partial charge >= 0.3 is 5.97 Å². The summed E-state index contributed by atoms with van der Waals surface area (Å²) in [4.78, 5) is 19.0. The number of piperidine rings is 1. The first-order valence-corrected chi connectivity index (χ1v) is 9.47. The lowest BCUT2D eigenvalue weighted by Gasteiger charge is -2.30. The van der Waals surface area contributed by atoms with E-state index in [1.54, 1.807) is 13.8 Å². The summed E-state index contributed by atoms with van der Waals surface area (Å²) in [7, 11) is -4.10. The van der Waals surface area contributed by atoms with Crippen LogP contribution in [-0.4, -0.2) is 57.2 Å². The number of aromatic carboxylic acids is 1. The van der Waals surface area contributed by atoms with E-state index in [0.717, 1.165) is 4.31 Å². The maximum atomic E-state index is 13.4. The molecule has 0 radical (unpaired) electrons. The van der Waals surface area contributed by atoms with Crippen LogP contribution in [0, 0.1) is 0 Å². The van der Waals surface area contributed by atoms with Gasteiger partial charge in [-0.05, 0) is 12.0 Å². The van der Waals surface area contributed by atoms with Gasteiger partial charge in [0.05, 0.1) is 5.69 Å². The Balaban J connectivity index is 2.11. The first-order valence-electron chi connectivity index (χ1n) is 8.03. The van der Waals surface area contributed by atoms with E-state index in [-0.39, 0.29) is 35.5 Å². The van der Waals surface area contributed by atoms with Crippen molar-refractivity contribution in [2.75, 3.05) is 13.1 Å². The Morgan fingerprint density at radius 1 is 1.27 bits per heavy atom. The van der Waals surface area contributed by atoms with Gasteiger partial charge < -0.3 is 5.11 Å². The van der Waals surface area contributed by atoms with E-state index in [4.69, 9.17) is 5.11 Å². The fraction of sp³-hybridized carbons (Fsp3) is 0.533. The summed E-state index contributed by atoms with van der Waals surface area (Å²) >= 11 is 0. The van der Waals surface area contributed by atoms with Crippen LogP contribution in [-0.2, 0) is 10.0 Å². The van der Waals surface area contributed by atoms with Gasteiger partial charge in [0.2, 0.25) is 5.78 Å². The van der Waals surface area contributed by atoms with Crippen molar-refractivity contribution in [3.63, 3.8) is 0 Å². The highest BCUT2D eigenvalue weighted by Gasteiger charge is 2.40. The molecule has 2 aromatic heterocycles. The molecule has 1 saturated heterocycles. The Bertz CT molecular complexity index is 961. The van der Waals surface area contributed by atoms with Crippen LogP contribution in [0.4, 0.5) is 8.78 Å². The fourth-order valence-corrected chi connectivity index (χ4v) is 4.64. The van der Waals surface area contributed by atoms with Crippen molar-refractivity contribution in [3.05, 3.63) is 23.7 Å². The molecule has 1 N–H and O–H groups in total.